The lowest BCUT2D eigenvalue weighted by molar-refractivity contribution is -0.144. The van der Waals surface area contributed by atoms with E-state index in [4.69, 9.17) is 4.74 Å². The molecule has 0 aromatic heterocycles. The van der Waals surface area contributed by atoms with Crippen molar-refractivity contribution in [3.05, 3.63) is 35.9 Å². The van der Waals surface area contributed by atoms with Crippen LogP contribution in [0.5, 0.6) is 0 Å². The molecular weight excluding hydrogens is 268 g/mol. The van der Waals surface area contributed by atoms with E-state index in [1.807, 2.05) is 30.3 Å². The molecule has 1 aliphatic heterocycles. The zero-order chi connectivity index (χ0) is 13.9. The monoisotopic (exact) mass is 284 g/mol. The van der Waals surface area contributed by atoms with E-state index in [-0.39, 0.29) is 19.7 Å². The minimum atomic E-state index is -3.62. The van der Waals surface area contributed by atoms with Gasteiger partial charge < -0.3 is 4.74 Å². The van der Waals surface area contributed by atoms with Crippen LogP contribution >= 0.6 is 0 Å². The van der Waals surface area contributed by atoms with Crippen LogP contribution in [0.2, 0.25) is 0 Å². The molecule has 19 heavy (non-hydrogen) atoms. The van der Waals surface area contributed by atoms with E-state index in [1.165, 1.54) is 4.31 Å². The van der Waals surface area contributed by atoms with Crippen molar-refractivity contribution in [1.29, 1.82) is 0 Å². The fourth-order valence-electron chi connectivity index (χ4n) is 1.90. The highest BCUT2D eigenvalue weighted by atomic mass is 32.2. The number of carbonyl (C=O) groups excluding carboxylic acids is 1. The first-order chi connectivity index (χ1) is 9.03. The molecule has 6 nitrogen and oxygen atoms in total. The topological polar surface area (TPSA) is 75.7 Å². The molecule has 2 rings (SSSR count). The molecule has 1 fully saturated rings. The van der Waals surface area contributed by atoms with Crippen molar-refractivity contribution in [2.24, 2.45) is 0 Å². The van der Waals surface area contributed by atoms with Crippen LogP contribution in [0.1, 0.15) is 12.5 Å². The largest absolute Gasteiger partial charge is 0.465 e. The summed E-state index contributed by atoms with van der Waals surface area (Å²) < 4.78 is 32.2. The van der Waals surface area contributed by atoms with E-state index in [9.17, 15) is 13.2 Å². The molecule has 1 atom stereocenters. The van der Waals surface area contributed by atoms with Gasteiger partial charge in [0.2, 0.25) is 0 Å². The minimum Gasteiger partial charge on any atom is -0.465 e. The highest BCUT2D eigenvalue weighted by Gasteiger charge is 2.39. The zero-order valence-electron chi connectivity index (χ0n) is 10.6. The zero-order valence-corrected chi connectivity index (χ0v) is 11.4. The highest BCUT2D eigenvalue weighted by Crippen LogP contribution is 2.15. The van der Waals surface area contributed by atoms with Crippen LogP contribution in [0.15, 0.2) is 30.3 Å². The average molecular weight is 284 g/mol. The SMILES string of the molecule is CCOC(=O)[C@@H]1CN(Cc2ccccc2)S(=O)(=O)N1. The molecule has 1 aromatic carbocycles. The van der Waals surface area contributed by atoms with Crippen LogP contribution in [-0.4, -0.2) is 37.9 Å². The van der Waals surface area contributed by atoms with Crippen molar-refractivity contribution >= 4 is 16.2 Å². The molecule has 7 heteroatoms. The smallest absolute Gasteiger partial charge is 0.325 e. The summed E-state index contributed by atoms with van der Waals surface area (Å²) in [6.07, 6.45) is 0. The summed E-state index contributed by atoms with van der Waals surface area (Å²) in [5.74, 6) is -0.540. The summed E-state index contributed by atoms with van der Waals surface area (Å²) in [5, 5.41) is 0. The van der Waals surface area contributed by atoms with Gasteiger partial charge in [0, 0.05) is 13.1 Å². The van der Waals surface area contributed by atoms with E-state index in [1.54, 1.807) is 6.92 Å². The lowest BCUT2D eigenvalue weighted by atomic mass is 10.2. The molecule has 0 radical (unpaired) electrons. The lowest BCUT2D eigenvalue weighted by Crippen LogP contribution is -2.36. The first kappa shape index (κ1) is 14.0. The Hall–Kier alpha value is -1.44. The summed E-state index contributed by atoms with van der Waals surface area (Å²) in [6.45, 7) is 2.25. The first-order valence-corrected chi connectivity index (χ1v) is 7.45. The predicted octanol–water partition coefficient (Wildman–Crippen LogP) is 0.268. The van der Waals surface area contributed by atoms with E-state index >= 15 is 0 Å². The number of carbonyl (C=O) groups is 1. The number of esters is 1. The van der Waals surface area contributed by atoms with Crippen LogP contribution < -0.4 is 4.72 Å². The molecule has 0 amide bonds. The van der Waals surface area contributed by atoms with Crippen LogP contribution in [0.3, 0.4) is 0 Å². The Bertz CT molecular complexity index is 544. The van der Waals surface area contributed by atoms with Crippen LogP contribution in [0, 0.1) is 0 Å². The second-order valence-electron chi connectivity index (χ2n) is 4.21. The molecule has 1 saturated heterocycles. The first-order valence-electron chi connectivity index (χ1n) is 6.01. The van der Waals surface area contributed by atoms with Gasteiger partial charge in [-0.2, -0.15) is 17.4 Å². The Morgan fingerprint density at radius 2 is 2.11 bits per heavy atom. The van der Waals surface area contributed by atoms with Gasteiger partial charge in [-0.05, 0) is 12.5 Å². The lowest BCUT2D eigenvalue weighted by Gasteiger charge is -2.12. The number of hydrogen-bond donors (Lipinski definition) is 1. The Morgan fingerprint density at radius 1 is 1.42 bits per heavy atom. The van der Waals surface area contributed by atoms with E-state index in [0.29, 0.717) is 0 Å². The Labute approximate surface area is 112 Å². The Balaban J connectivity index is 2.08. The molecule has 0 bridgehead atoms. The number of hydrogen-bond acceptors (Lipinski definition) is 4. The van der Waals surface area contributed by atoms with Gasteiger partial charge in [-0.3, -0.25) is 4.79 Å². The highest BCUT2D eigenvalue weighted by molar-refractivity contribution is 7.87. The number of rotatable bonds is 4. The molecule has 1 aliphatic rings. The summed E-state index contributed by atoms with van der Waals surface area (Å²) in [6, 6.07) is 8.40. The van der Waals surface area contributed by atoms with Crippen LogP contribution in [0.25, 0.3) is 0 Å². The minimum absolute atomic E-state index is 0.0933. The fourth-order valence-corrected chi connectivity index (χ4v) is 3.24. The van der Waals surface area contributed by atoms with E-state index in [0.717, 1.165) is 5.56 Å². The summed E-state index contributed by atoms with van der Waals surface area (Å²) in [5.41, 5.74) is 0.873. The maximum atomic E-state index is 11.9. The molecule has 1 heterocycles. The van der Waals surface area contributed by atoms with Crippen molar-refractivity contribution in [2.75, 3.05) is 13.2 Å². The van der Waals surface area contributed by atoms with Gasteiger partial charge in [0.1, 0.15) is 6.04 Å². The van der Waals surface area contributed by atoms with Crippen molar-refractivity contribution in [3.8, 4) is 0 Å². The molecule has 1 N–H and O–H groups in total. The van der Waals surface area contributed by atoms with Gasteiger partial charge in [0.05, 0.1) is 6.61 Å². The summed E-state index contributed by atoms with van der Waals surface area (Å²) in [7, 11) is -3.62. The maximum Gasteiger partial charge on any atom is 0.325 e. The maximum absolute atomic E-state index is 11.9. The third kappa shape index (κ3) is 3.31. The van der Waals surface area contributed by atoms with Crippen molar-refractivity contribution in [1.82, 2.24) is 9.03 Å². The van der Waals surface area contributed by atoms with Crippen molar-refractivity contribution in [3.63, 3.8) is 0 Å². The molecule has 0 aliphatic carbocycles. The van der Waals surface area contributed by atoms with Crippen LogP contribution in [-0.2, 0) is 26.3 Å². The normalized spacial score (nSPS) is 22.3. The molecule has 104 valence electrons. The molecule has 0 saturated carbocycles. The van der Waals surface area contributed by atoms with Gasteiger partial charge in [-0.15, -0.1) is 0 Å². The summed E-state index contributed by atoms with van der Waals surface area (Å²) in [4.78, 5) is 11.6. The van der Waals surface area contributed by atoms with Gasteiger partial charge in [0.25, 0.3) is 10.2 Å². The molecule has 0 spiro atoms. The van der Waals surface area contributed by atoms with E-state index in [2.05, 4.69) is 4.72 Å². The quantitative estimate of drug-likeness (QED) is 0.805. The third-order valence-electron chi connectivity index (χ3n) is 2.79. The van der Waals surface area contributed by atoms with Crippen LogP contribution in [0.4, 0.5) is 0 Å². The summed E-state index contributed by atoms with van der Waals surface area (Å²) >= 11 is 0. The number of nitrogens with zero attached hydrogens (tertiary/aromatic N) is 1. The van der Waals surface area contributed by atoms with Crippen molar-refractivity contribution in [2.45, 2.75) is 19.5 Å². The van der Waals surface area contributed by atoms with Gasteiger partial charge in [-0.1, -0.05) is 30.3 Å². The Morgan fingerprint density at radius 3 is 2.74 bits per heavy atom. The fraction of sp³-hybridized carbons (Fsp3) is 0.417. The number of ether oxygens (including phenoxy) is 1. The third-order valence-corrected chi connectivity index (χ3v) is 4.33. The number of benzene rings is 1. The number of nitrogens with one attached hydrogen (secondary N) is 1. The van der Waals surface area contributed by atoms with Gasteiger partial charge in [0.15, 0.2) is 0 Å². The second kappa shape index (κ2) is 5.68. The van der Waals surface area contributed by atoms with Gasteiger partial charge in [-0.25, -0.2) is 0 Å². The molecule has 1 aromatic rings. The van der Waals surface area contributed by atoms with Crippen molar-refractivity contribution < 1.29 is 17.9 Å². The molecular formula is C12H16N2O4S. The second-order valence-corrected chi connectivity index (χ2v) is 5.91. The Kier molecular flexibility index (Phi) is 4.18. The van der Waals surface area contributed by atoms with E-state index < -0.39 is 22.2 Å². The molecule has 0 unspecified atom stereocenters. The standard InChI is InChI=1S/C12H16N2O4S/c1-2-18-12(15)11-9-14(19(16,17)13-11)8-10-6-4-3-5-7-10/h3-7,11,13H,2,8-9H2,1H3/t11-/m0/s1. The predicted molar refractivity (Wildman–Crippen MR) is 69.3 cm³/mol. The average Bonchev–Trinajstić information content (AvgIpc) is 2.67. The van der Waals surface area contributed by atoms with Gasteiger partial charge >= 0.3 is 5.97 Å².